The van der Waals surface area contributed by atoms with Crippen LogP contribution in [0.25, 0.3) is 10.4 Å². The van der Waals surface area contributed by atoms with Gasteiger partial charge in [-0.3, -0.25) is 14.5 Å². The number of aromatic nitrogens is 2. The van der Waals surface area contributed by atoms with Gasteiger partial charge in [-0.05, 0) is 48.7 Å². The fraction of sp³-hybridized carbons (Fsp3) is 0.238. The van der Waals surface area contributed by atoms with Crippen LogP contribution >= 0.6 is 11.3 Å². The molecule has 29 heavy (non-hydrogen) atoms. The van der Waals surface area contributed by atoms with Crippen molar-refractivity contribution in [1.29, 1.82) is 0 Å². The van der Waals surface area contributed by atoms with E-state index in [1.807, 2.05) is 37.3 Å². The van der Waals surface area contributed by atoms with Crippen molar-refractivity contribution in [3.8, 4) is 10.4 Å². The Morgan fingerprint density at radius 2 is 2.07 bits per heavy atom. The summed E-state index contributed by atoms with van der Waals surface area (Å²) in [5.74, 6) is 1.43. The van der Waals surface area contributed by atoms with Crippen molar-refractivity contribution in [2.45, 2.75) is 26.3 Å². The summed E-state index contributed by atoms with van der Waals surface area (Å²) >= 11 is 1.54. The molecule has 0 saturated carbocycles. The minimum Gasteiger partial charge on any atom is -0.348 e. The minimum absolute atomic E-state index is 0.0163. The Bertz CT molecular complexity index is 1140. The molecule has 5 rings (SSSR count). The number of benzene rings is 1. The van der Waals surface area contributed by atoms with Crippen LogP contribution in [0.1, 0.15) is 34.5 Å². The van der Waals surface area contributed by atoms with Crippen molar-refractivity contribution >= 4 is 39.9 Å². The Balaban J connectivity index is 1.40. The number of hydrogen-bond acceptors (Lipinski definition) is 6. The van der Waals surface area contributed by atoms with Crippen LogP contribution in [0.15, 0.2) is 36.4 Å². The topological polar surface area (TPSA) is 87.2 Å². The third kappa shape index (κ3) is 3.25. The van der Waals surface area contributed by atoms with E-state index in [2.05, 4.69) is 26.7 Å². The zero-order valence-corrected chi connectivity index (χ0v) is 16.7. The molecule has 2 amide bonds. The Labute approximate surface area is 171 Å². The molecule has 146 valence electrons. The maximum absolute atomic E-state index is 12.0. The van der Waals surface area contributed by atoms with Gasteiger partial charge in [0.2, 0.25) is 5.91 Å². The molecule has 0 aliphatic carbocycles. The van der Waals surface area contributed by atoms with Gasteiger partial charge >= 0.3 is 0 Å². The molecule has 0 atom stereocenters. The Kier molecular flexibility index (Phi) is 4.28. The number of amides is 2. The Hall–Kier alpha value is -3.26. The molecule has 2 N–H and O–H groups in total. The molecule has 7 nitrogen and oxygen atoms in total. The quantitative estimate of drug-likeness (QED) is 0.692. The zero-order valence-electron chi connectivity index (χ0n) is 15.9. The molecule has 3 aromatic rings. The summed E-state index contributed by atoms with van der Waals surface area (Å²) in [6, 6.07) is 11.5. The highest BCUT2D eigenvalue weighted by Gasteiger charge is 2.23. The van der Waals surface area contributed by atoms with Gasteiger partial charge in [0.15, 0.2) is 5.13 Å². The summed E-state index contributed by atoms with van der Waals surface area (Å²) in [7, 11) is 0. The van der Waals surface area contributed by atoms with Gasteiger partial charge in [0.1, 0.15) is 11.6 Å². The molecule has 8 heteroatoms. The largest absolute Gasteiger partial charge is 0.348 e. The zero-order chi connectivity index (χ0) is 20.0. The average molecular weight is 405 g/mol. The van der Waals surface area contributed by atoms with E-state index >= 15 is 0 Å². The molecule has 0 unspecified atom stereocenters. The molecule has 2 aromatic heterocycles. The highest BCUT2D eigenvalue weighted by Crippen LogP contribution is 2.35. The summed E-state index contributed by atoms with van der Waals surface area (Å²) in [6.45, 7) is 3.25. The number of fused-ring (bicyclic) bond motifs is 1. The first-order valence-corrected chi connectivity index (χ1v) is 10.3. The number of aryl methyl sites for hydroxylation is 1. The van der Waals surface area contributed by atoms with Crippen LogP contribution in [-0.4, -0.2) is 28.3 Å². The molecular formula is C21H19N5O2S. The van der Waals surface area contributed by atoms with Crippen LogP contribution in [0.3, 0.4) is 0 Å². The highest BCUT2D eigenvalue weighted by atomic mass is 32.1. The van der Waals surface area contributed by atoms with Crippen molar-refractivity contribution < 1.29 is 9.59 Å². The Morgan fingerprint density at radius 3 is 2.90 bits per heavy atom. The molecule has 0 bridgehead atoms. The smallest absolute Gasteiger partial charge is 0.251 e. The standard InChI is InChI=1S/C21H19N5O2S/c1-12-19(13-7-8-15-14(10-13)11-22-20(15)28)29-21(23-12)25-16-4-2-5-17(24-16)26-9-3-6-18(26)27/h2,4-5,7-8,10H,3,6,9,11H2,1H3,(H,22,28)(H,23,24,25). The lowest BCUT2D eigenvalue weighted by atomic mass is 10.0. The predicted octanol–water partition coefficient (Wildman–Crippen LogP) is 3.63. The predicted molar refractivity (Wildman–Crippen MR) is 113 cm³/mol. The number of rotatable bonds is 4. The number of carbonyl (C=O) groups excluding carboxylic acids is 2. The molecule has 2 aliphatic heterocycles. The van der Waals surface area contributed by atoms with Crippen molar-refractivity contribution in [2.75, 3.05) is 16.8 Å². The summed E-state index contributed by atoms with van der Waals surface area (Å²) in [5, 5.41) is 6.85. The molecule has 2 aliphatic rings. The summed E-state index contributed by atoms with van der Waals surface area (Å²) < 4.78 is 0. The number of carbonyl (C=O) groups is 2. The highest BCUT2D eigenvalue weighted by molar-refractivity contribution is 7.19. The lowest BCUT2D eigenvalue weighted by Crippen LogP contribution is -2.24. The third-order valence-corrected chi connectivity index (χ3v) is 6.29. The van der Waals surface area contributed by atoms with Crippen molar-refractivity contribution in [1.82, 2.24) is 15.3 Å². The van der Waals surface area contributed by atoms with Gasteiger partial charge in [0, 0.05) is 25.1 Å². The maximum Gasteiger partial charge on any atom is 0.251 e. The van der Waals surface area contributed by atoms with Gasteiger partial charge in [0.05, 0.1) is 10.6 Å². The first kappa shape index (κ1) is 17.8. The van der Waals surface area contributed by atoms with Gasteiger partial charge in [-0.2, -0.15) is 0 Å². The molecule has 1 fully saturated rings. The number of anilines is 3. The third-order valence-electron chi connectivity index (χ3n) is 5.17. The van der Waals surface area contributed by atoms with Crippen LogP contribution in [0.5, 0.6) is 0 Å². The number of pyridine rings is 1. The fourth-order valence-corrected chi connectivity index (χ4v) is 4.70. The molecule has 0 radical (unpaired) electrons. The van der Waals surface area contributed by atoms with Crippen molar-refractivity contribution in [3.63, 3.8) is 0 Å². The SMILES string of the molecule is Cc1nc(Nc2cccc(N3CCCC3=O)n2)sc1-c1ccc2c(c1)CNC2=O. The van der Waals surface area contributed by atoms with Crippen molar-refractivity contribution in [2.24, 2.45) is 0 Å². The van der Waals surface area contributed by atoms with E-state index < -0.39 is 0 Å². The lowest BCUT2D eigenvalue weighted by Gasteiger charge is -2.15. The monoisotopic (exact) mass is 405 g/mol. The minimum atomic E-state index is -0.0163. The van der Waals surface area contributed by atoms with Crippen LogP contribution in [0, 0.1) is 6.92 Å². The normalized spacial score (nSPS) is 15.6. The van der Waals surface area contributed by atoms with Crippen LogP contribution in [0.2, 0.25) is 0 Å². The maximum atomic E-state index is 12.0. The second-order valence-corrected chi connectivity index (χ2v) is 8.14. The van der Waals surface area contributed by atoms with Gasteiger partial charge < -0.3 is 10.6 Å². The van der Waals surface area contributed by atoms with E-state index in [-0.39, 0.29) is 11.8 Å². The lowest BCUT2D eigenvalue weighted by molar-refractivity contribution is -0.117. The number of hydrogen-bond donors (Lipinski definition) is 2. The summed E-state index contributed by atoms with van der Waals surface area (Å²) in [5.41, 5.74) is 3.72. The second kappa shape index (κ2) is 6.97. The van der Waals surface area contributed by atoms with E-state index in [4.69, 9.17) is 0 Å². The number of nitrogens with zero attached hydrogens (tertiary/aromatic N) is 3. The van der Waals surface area contributed by atoms with Gasteiger partial charge in [0.25, 0.3) is 5.91 Å². The second-order valence-electron chi connectivity index (χ2n) is 7.14. The van der Waals surface area contributed by atoms with E-state index in [1.54, 1.807) is 16.2 Å². The van der Waals surface area contributed by atoms with E-state index in [0.717, 1.165) is 38.8 Å². The fourth-order valence-electron chi connectivity index (χ4n) is 3.73. The molecule has 0 spiro atoms. The van der Waals surface area contributed by atoms with Crippen LogP contribution in [0.4, 0.5) is 16.8 Å². The summed E-state index contributed by atoms with van der Waals surface area (Å²) in [4.78, 5) is 35.7. The molecular weight excluding hydrogens is 386 g/mol. The first-order chi connectivity index (χ1) is 14.1. The molecule has 1 aromatic carbocycles. The van der Waals surface area contributed by atoms with E-state index in [0.29, 0.717) is 31.1 Å². The Morgan fingerprint density at radius 1 is 1.17 bits per heavy atom. The van der Waals surface area contributed by atoms with Crippen molar-refractivity contribution in [3.05, 3.63) is 53.2 Å². The van der Waals surface area contributed by atoms with E-state index in [1.165, 1.54) is 0 Å². The van der Waals surface area contributed by atoms with Crippen LogP contribution in [-0.2, 0) is 11.3 Å². The number of nitrogens with one attached hydrogen (secondary N) is 2. The van der Waals surface area contributed by atoms with Crippen LogP contribution < -0.4 is 15.5 Å². The summed E-state index contributed by atoms with van der Waals surface area (Å²) in [6.07, 6.45) is 1.45. The molecule has 4 heterocycles. The van der Waals surface area contributed by atoms with Gasteiger partial charge in [-0.25, -0.2) is 9.97 Å². The first-order valence-electron chi connectivity index (χ1n) is 9.52. The average Bonchev–Trinajstić information content (AvgIpc) is 3.41. The van der Waals surface area contributed by atoms with Gasteiger partial charge in [-0.15, -0.1) is 0 Å². The van der Waals surface area contributed by atoms with Gasteiger partial charge in [-0.1, -0.05) is 23.5 Å². The number of thiazole rings is 1. The van der Waals surface area contributed by atoms with E-state index in [9.17, 15) is 9.59 Å². The molecule has 1 saturated heterocycles.